The molecule has 1 aromatic heterocycles. The Hall–Kier alpha value is -2.11. The smallest absolute Gasteiger partial charge is 0.240 e. The first-order valence-corrected chi connectivity index (χ1v) is 9.50. The molecule has 0 aliphatic heterocycles. The molecule has 2 N–H and O–H groups in total. The van der Waals surface area contributed by atoms with Gasteiger partial charge in [0.05, 0.1) is 4.90 Å². The average Bonchev–Trinajstić information content (AvgIpc) is 2.83. The zero-order chi connectivity index (χ0) is 17.3. The standard InChI is InChI=1S/C19H22N2O2S/c1-13-8-9-18-17(12-13)16(15(3)21-18)10-11-20-24(22,23)19-7-5-4-6-14(19)2/h4-9,12,20-21H,10-11H2,1-3H3. The van der Waals surface area contributed by atoms with Crippen LogP contribution in [0.5, 0.6) is 0 Å². The first-order chi connectivity index (χ1) is 11.4. The summed E-state index contributed by atoms with van der Waals surface area (Å²) in [6.45, 7) is 6.27. The Bertz CT molecular complexity index is 988. The summed E-state index contributed by atoms with van der Waals surface area (Å²) in [7, 11) is -3.48. The molecule has 0 unspecified atom stereocenters. The van der Waals surface area contributed by atoms with Gasteiger partial charge in [-0.05, 0) is 56.5 Å². The molecule has 126 valence electrons. The zero-order valence-corrected chi connectivity index (χ0v) is 15.0. The minimum atomic E-state index is -3.48. The summed E-state index contributed by atoms with van der Waals surface area (Å²) in [6, 6.07) is 13.3. The van der Waals surface area contributed by atoms with Crippen molar-refractivity contribution in [2.75, 3.05) is 6.54 Å². The Morgan fingerprint density at radius 2 is 1.79 bits per heavy atom. The van der Waals surface area contributed by atoms with E-state index in [1.807, 2.05) is 13.0 Å². The summed E-state index contributed by atoms with van der Waals surface area (Å²) in [4.78, 5) is 3.71. The molecule has 0 radical (unpaired) electrons. The van der Waals surface area contributed by atoms with Crippen LogP contribution in [0.25, 0.3) is 10.9 Å². The molecule has 0 saturated heterocycles. The molecule has 0 aliphatic rings. The lowest BCUT2D eigenvalue weighted by Crippen LogP contribution is -2.26. The molecule has 5 heteroatoms. The van der Waals surface area contributed by atoms with E-state index in [1.165, 1.54) is 16.5 Å². The number of aromatic amines is 1. The molecule has 0 atom stereocenters. The van der Waals surface area contributed by atoms with E-state index < -0.39 is 10.0 Å². The largest absolute Gasteiger partial charge is 0.358 e. The number of aromatic nitrogens is 1. The predicted octanol–water partition coefficient (Wildman–Crippen LogP) is 3.61. The fraction of sp³-hybridized carbons (Fsp3) is 0.263. The van der Waals surface area contributed by atoms with Crippen molar-refractivity contribution < 1.29 is 8.42 Å². The van der Waals surface area contributed by atoms with Crippen LogP contribution in [0.1, 0.15) is 22.4 Å². The van der Waals surface area contributed by atoms with Crippen molar-refractivity contribution >= 4 is 20.9 Å². The van der Waals surface area contributed by atoms with Gasteiger partial charge >= 0.3 is 0 Å². The highest BCUT2D eigenvalue weighted by Crippen LogP contribution is 2.23. The van der Waals surface area contributed by atoms with E-state index in [4.69, 9.17) is 0 Å². The second kappa shape index (κ2) is 6.42. The molecule has 24 heavy (non-hydrogen) atoms. The summed E-state index contributed by atoms with van der Waals surface area (Å²) in [5.41, 5.74) is 5.30. The van der Waals surface area contributed by atoms with Gasteiger partial charge in [0.25, 0.3) is 0 Å². The second-order valence-electron chi connectivity index (χ2n) is 6.19. The Labute approximate surface area is 143 Å². The normalized spacial score (nSPS) is 12.0. The van der Waals surface area contributed by atoms with Crippen LogP contribution in [0.15, 0.2) is 47.4 Å². The van der Waals surface area contributed by atoms with Crippen molar-refractivity contribution in [1.29, 1.82) is 0 Å². The fourth-order valence-electron chi connectivity index (χ4n) is 3.06. The van der Waals surface area contributed by atoms with Gasteiger partial charge in [-0.25, -0.2) is 13.1 Å². The Kier molecular flexibility index (Phi) is 4.47. The first-order valence-electron chi connectivity index (χ1n) is 8.01. The molecule has 4 nitrogen and oxygen atoms in total. The van der Waals surface area contributed by atoms with E-state index in [9.17, 15) is 8.42 Å². The van der Waals surface area contributed by atoms with Crippen molar-refractivity contribution in [1.82, 2.24) is 9.71 Å². The monoisotopic (exact) mass is 342 g/mol. The minimum Gasteiger partial charge on any atom is -0.358 e. The highest BCUT2D eigenvalue weighted by atomic mass is 32.2. The van der Waals surface area contributed by atoms with Crippen molar-refractivity contribution in [2.24, 2.45) is 0 Å². The van der Waals surface area contributed by atoms with Crippen LogP contribution < -0.4 is 4.72 Å². The molecular formula is C19H22N2O2S. The van der Waals surface area contributed by atoms with Gasteiger partial charge in [0.2, 0.25) is 10.0 Å². The van der Waals surface area contributed by atoms with E-state index in [1.54, 1.807) is 25.1 Å². The van der Waals surface area contributed by atoms with Gasteiger partial charge in [-0.3, -0.25) is 0 Å². The fourth-order valence-corrected chi connectivity index (χ4v) is 4.34. The lowest BCUT2D eigenvalue weighted by atomic mass is 10.1. The number of sulfonamides is 1. The van der Waals surface area contributed by atoms with Crippen LogP contribution in [0.4, 0.5) is 0 Å². The Morgan fingerprint density at radius 3 is 2.54 bits per heavy atom. The minimum absolute atomic E-state index is 0.344. The Morgan fingerprint density at radius 1 is 1.04 bits per heavy atom. The maximum absolute atomic E-state index is 12.5. The lowest BCUT2D eigenvalue weighted by Gasteiger charge is -2.09. The molecule has 0 bridgehead atoms. The maximum Gasteiger partial charge on any atom is 0.240 e. The number of rotatable bonds is 5. The van der Waals surface area contributed by atoms with Crippen molar-refractivity contribution in [2.45, 2.75) is 32.1 Å². The van der Waals surface area contributed by atoms with Crippen LogP contribution in [-0.2, 0) is 16.4 Å². The molecule has 0 spiro atoms. The van der Waals surface area contributed by atoms with Crippen LogP contribution in [0.2, 0.25) is 0 Å². The summed E-state index contributed by atoms with van der Waals surface area (Å²) in [5, 5.41) is 1.17. The van der Waals surface area contributed by atoms with Gasteiger partial charge in [-0.15, -0.1) is 0 Å². The number of benzene rings is 2. The van der Waals surface area contributed by atoms with E-state index >= 15 is 0 Å². The number of fused-ring (bicyclic) bond motifs is 1. The summed E-state index contributed by atoms with van der Waals surface area (Å²) in [5.74, 6) is 0. The van der Waals surface area contributed by atoms with Crippen LogP contribution in [0, 0.1) is 20.8 Å². The zero-order valence-electron chi connectivity index (χ0n) is 14.2. The van der Waals surface area contributed by atoms with Gasteiger partial charge in [0.1, 0.15) is 0 Å². The molecule has 0 aliphatic carbocycles. The highest BCUT2D eigenvalue weighted by Gasteiger charge is 2.16. The number of hydrogen-bond donors (Lipinski definition) is 2. The number of hydrogen-bond acceptors (Lipinski definition) is 2. The number of nitrogens with one attached hydrogen (secondary N) is 2. The molecule has 2 aromatic carbocycles. The van der Waals surface area contributed by atoms with E-state index in [2.05, 4.69) is 34.8 Å². The molecule has 3 aromatic rings. The molecule has 0 fully saturated rings. The third-order valence-corrected chi connectivity index (χ3v) is 5.95. The first kappa shape index (κ1) is 16.7. The highest BCUT2D eigenvalue weighted by molar-refractivity contribution is 7.89. The Balaban J connectivity index is 1.79. The van der Waals surface area contributed by atoms with Crippen molar-refractivity contribution in [3.8, 4) is 0 Å². The van der Waals surface area contributed by atoms with Crippen LogP contribution in [-0.4, -0.2) is 19.9 Å². The van der Waals surface area contributed by atoms with Gasteiger partial charge in [0.15, 0.2) is 0 Å². The quantitative estimate of drug-likeness (QED) is 0.744. The molecule has 0 amide bonds. The summed E-state index contributed by atoms with van der Waals surface area (Å²) in [6.07, 6.45) is 0.653. The third kappa shape index (κ3) is 3.23. The van der Waals surface area contributed by atoms with E-state index in [-0.39, 0.29) is 0 Å². The summed E-state index contributed by atoms with van der Waals surface area (Å²) < 4.78 is 27.6. The van der Waals surface area contributed by atoms with Gasteiger partial charge in [-0.1, -0.05) is 29.8 Å². The molecule has 0 saturated carbocycles. The van der Waals surface area contributed by atoms with Crippen molar-refractivity contribution in [3.63, 3.8) is 0 Å². The van der Waals surface area contributed by atoms with E-state index in [0.29, 0.717) is 17.9 Å². The molecule has 1 heterocycles. The number of aryl methyl sites for hydroxylation is 3. The SMILES string of the molecule is Cc1ccc2[nH]c(C)c(CCNS(=O)(=O)c3ccccc3C)c2c1. The van der Waals surface area contributed by atoms with Crippen molar-refractivity contribution in [3.05, 3.63) is 64.8 Å². The average molecular weight is 342 g/mol. The molecule has 3 rings (SSSR count). The van der Waals surface area contributed by atoms with E-state index in [0.717, 1.165) is 16.8 Å². The lowest BCUT2D eigenvalue weighted by molar-refractivity contribution is 0.581. The van der Waals surface area contributed by atoms with Crippen LogP contribution in [0.3, 0.4) is 0 Å². The van der Waals surface area contributed by atoms with Gasteiger partial charge < -0.3 is 4.98 Å². The summed E-state index contributed by atoms with van der Waals surface area (Å²) >= 11 is 0. The third-order valence-electron chi connectivity index (χ3n) is 4.33. The topological polar surface area (TPSA) is 62.0 Å². The molecular weight excluding hydrogens is 320 g/mol. The predicted molar refractivity (Wildman–Crippen MR) is 97.8 cm³/mol. The number of H-pyrrole nitrogens is 1. The second-order valence-corrected chi connectivity index (χ2v) is 7.93. The van der Waals surface area contributed by atoms with Gasteiger partial charge in [-0.2, -0.15) is 0 Å². The van der Waals surface area contributed by atoms with Crippen LogP contribution >= 0.6 is 0 Å². The van der Waals surface area contributed by atoms with Gasteiger partial charge in [0, 0.05) is 23.1 Å². The maximum atomic E-state index is 12.5.